The number of rotatable bonds is 9. The normalized spacial score (nSPS) is 12.5. The van der Waals surface area contributed by atoms with Crippen molar-refractivity contribution in [2.24, 2.45) is 0 Å². The largest absolute Gasteiger partial charge is 0.453 e. The first-order valence-electron chi connectivity index (χ1n) is 7.20. The summed E-state index contributed by atoms with van der Waals surface area (Å²) < 4.78 is 46.5. The molecule has 0 saturated heterocycles. The Labute approximate surface area is 140 Å². The average molecular weight is 361 g/mol. The second-order valence-electron chi connectivity index (χ2n) is 4.94. The number of methoxy groups -OCH3 is 1. The standard InChI is InChI=1S/C15H20FNO6S/c1-11(15(19)17-8-9-22-2)23-14(18)7-10-24(20,21)13-5-3-12(16)4-6-13/h3-6,11H,7-10H2,1-2H3,(H,17,19)/t11-/m0/s1. The van der Waals surface area contributed by atoms with Crippen LogP contribution in [0.5, 0.6) is 0 Å². The van der Waals surface area contributed by atoms with E-state index in [4.69, 9.17) is 9.47 Å². The van der Waals surface area contributed by atoms with Crippen molar-refractivity contribution in [3.63, 3.8) is 0 Å². The van der Waals surface area contributed by atoms with Crippen LogP contribution >= 0.6 is 0 Å². The summed E-state index contributed by atoms with van der Waals surface area (Å²) in [4.78, 5) is 23.2. The van der Waals surface area contributed by atoms with Crippen LogP contribution in [0.15, 0.2) is 29.2 Å². The molecular weight excluding hydrogens is 341 g/mol. The number of nitrogens with one attached hydrogen (secondary N) is 1. The first-order valence-corrected chi connectivity index (χ1v) is 8.86. The third-order valence-electron chi connectivity index (χ3n) is 3.03. The van der Waals surface area contributed by atoms with Gasteiger partial charge in [-0.15, -0.1) is 0 Å². The van der Waals surface area contributed by atoms with Crippen LogP contribution in [0, 0.1) is 5.82 Å². The van der Waals surface area contributed by atoms with Gasteiger partial charge >= 0.3 is 5.97 Å². The molecule has 1 amide bonds. The number of esters is 1. The SMILES string of the molecule is COCCNC(=O)[C@H](C)OC(=O)CCS(=O)(=O)c1ccc(F)cc1. The minimum Gasteiger partial charge on any atom is -0.453 e. The fraction of sp³-hybridized carbons (Fsp3) is 0.467. The van der Waals surface area contributed by atoms with Gasteiger partial charge in [-0.05, 0) is 31.2 Å². The molecule has 1 aromatic carbocycles. The smallest absolute Gasteiger partial charge is 0.307 e. The summed E-state index contributed by atoms with van der Waals surface area (Å²) in [5, 5.41) is 2.50. The van der Waals surface area contributed by atoms with Crippen LogP contribution in [0.1, 0.15) is 13.3 Å². The maximum absolute atomic E-state index is 12.8. The monoisotopic (exact) mass is 361 g/mol. The van der Waals surface area contributed by atoms with Crippen molar-refractivity contribution < 1.29 is 31.9 Å². The van der Waals surface area contributed by atoms with E-state index in [0.29, 0.717) is 6.61 Å². The molecule has 0 saturated carbocycles. The number of hydrogen-bond donors (Lipinski definition) is 1. The molecule has 1 aromatic rings. The molecule has 0 aliphatic heterocycles. The predicted molar refractivity (Wildman–Crippen MR) is 83.5 cm³/mol. The summed E-state index contributed by atoms with van der Waals surface area (Å²) in [5.74, 6) is -2.35. The van der Waals surface area contributed by atoms with Gasteiger partial charge in [0, 0.05) is 13.7 Å². The van der Waals surface area contributed by atoms with E-state index in [2.05, 4.69) is 5.32 Å². The fourth-order valence-electron chi connectivity index (χ4n) is 1.71. The Balaban J connectivity index is 2.47. The molecule has 0 aliphatic carbocycles. The van der Waals surface area contributed by atoms with Crippen LogP contribution in [-0.2, 0) is 28.9 Å². The molecule has 0 spiro atoms. The molecule has 9 heteroatoms. The lowest BCUT2D eigenvalue weighted by Crippen LogP contribution is -2.37. The number of hydrogen-bond acceptors (Lipinski definition) is 6. The molecule has 24 heavy (non-hydrogen) atoms. The van der Waals surface area contributed by atoms with Crippen molar-refractivity contribution in [1.82, 2.24) is 5.32 Å². The molecule has 1 N–H and O–H groups in total. The third-order valence-corrected chi connectivity index (χ3v) is 4.76. The Bertz CT molecular complexity index is 659. The molecule has 0 aliphatic rings. The number of ether oxygens (including phenoxy) is 2. The lowest BCUT2D eigenvalue weighted by molar-refractivity contribution is -0.154. The summed E-state index contributed by atoms with van der Waals surface area (Å²) in [6, 6.07) is 4.30. The summed E-state index contributed by atoms with van der Waals surface area (Å²) in [6.07, 6.45) is -1.45. The van der Waals surface area contributed by atoms with E-state index in [9.17, 15) is 22.4 Å². The van der Waals surface area contributed by atoms with Crippen LogP contribution in [0.2, 0.25) is 0 Å². The molecule has 0 bridgehead atoms. The fourth-order valence-corrected chi connectivity index (χ4v) is 2.93. The van der Waals surface area contributed by atoms with Gasteiger partial charge in [-0.2, -0.15) is 0 Å². The van der Waals surface area contributed by atoms with Gasteiger partial charge < -0.3 is 14.8 Å². The van der Waals surface area contributed by atoms with Gasteiger partial charge in [0.25, 0.3) is 5.91 Å². The Kier molecular flexibility index (Phi) is 7.80. The van der Waals surface area contributed by atoms with Crippen molar-refractivity contribution in [1.29, 1.82) is 0 Å². The molecule has 0 fully saturated rings. The van der Waals surface area contributed by atoms with Crippen molar-refractivity contribution in [2.75, 3.05) is 26.0 Å². The Hall–Kier alpha value is -2.00. The minimum atomic E-state index is -3.73. The summed E-state index contributed by atoms with van der Waals surface area (Å²) in [5.41, 5.74) is 0. The van der Waals surface area contributed by atoms with Crippen LogP contribution in [-0.4, -0.2) is 52.4 Å². The molecule has 7 nitrogen and oxygen atoms in total. The number of halogens is 1. The van der Waals surface area contributed by atoms with Gasteiger partial charge in [-0.25, -0.2) is 12.8 Å². The van der Waals surface area contributed by atoms with Crippen molar-refractivity contribution in [3.05, 3.63) is 30.1 Å². The van der Waals surface area contributed by atoms with E-state index < -0.39 is 45.8 Å². The third kappa shape index (κ3) is 6.63. The van der Waals surface area contributed by atoms with Crippen LogP contribution in [0.3, 0.4) is 0 Å². The number of sulfone groups is 1. The first kappa shape index (κ1) is 20.0. The Morgan fingerprint density at radius 2 is 1.88 bits per heavy atom. The zero-order valence-electron chi connectivity index (χ0n) is 13.5. The number of carbonyl (C=O) groups excluding carboxylic acids is 2. The van der Waals surface area contributed by atoms with Crippen molar-refractivity contribution in [3.8, 4) is 0 Å². The van der Waals surface area contributed by atoms with Gasteiger partial charge in [0.2, 0.25) is 0 Å². The Morgan fingerprint density at radius 1 is 1.25 bits per heavy atom. The number of carbonyl (C=O) groups is 2. The molecule has 0 unspecified atom stereocenters. The number of benzene rings is 1. The lowest BCUT2D eigenvalue weighted by atomic mass is 10.3. The molecule has 1 atom stereocenters. The second kappa shape index (κ2) is 9.33. The minimum absolute atomic E-state index is 0.0814. The molecule has 134 valence electrons. The predicted octanol–water partition coefficient (Wildman–Crippen LogP) is 0.684. The van der Waals surface area contributed by atoms with Gasteiger partial charge in [-0.1, -0.05) is 0 Å². The second-order valence-corrected chi connectivity index (χ2v) is 7.05. The van der Waals surface area contributed by atoms with Gasteiger partial charge in [0.05, 0.1) is 23.7 Å². The van der Waals surface area contributed by atoms with Gasteiger partial charge in [0.15, 0.2) is 15.9 Å². The van der Waals surface area contributed by atoms with E-state index in [0.717, 1.165) is 24.3 Å². The van der Waals surface area contributed by atoms with Crippen LogP contribution in [0.4, 0.5) is 4.39 Å². The Morgan fingerprint density at radius 3 is 2.46 bits per heavy atom. The molecule has 0 radical (unpaired) electrons. The highest BCUT2D eigenvalue weighted by Crippen LogP contribution is 2.13. The topological polar surface area (TPSA) is 98.8 Å². The van der Waals surface area contributed by atoms with E-state index in [1.165, 1.54) is 14.0 Å². The highest BCUT2D eigenvalue weighted by Gasteiger charge is 2.21. The maximum atomic E-state index is 12.8. The van der Waals surface area contributed by atoms with E-state index in [-0.39, 0.29) is 11.4 Å². The van der Waals surface area contributed by atoms with Crippen LogP contribution < -0.4 is 5.32 Å². The van der Waals surface area contributed by atoms with Crippen molar-refractivity contribution >= 4 is 21.7 Å². The molecule has 0 aromatic heterocycles. The van der Waals surface area contributed by atoms with Gasteiger partial charge in [-0.3, -0.25) is 9.59 Å². The lowest BCUT2D eigenvalue weighted by Gasteiger charge is -2.13. The van der Waals surface area contributed by atoms with Crippen molar-refractivity contribution in [2.45, 2.75) is 24.3 Å². The molecular formula is C15H20FNO6S. The molecule has 1 rings (SSSR count). The van der Waals surface area contributed by atoms with Gasteiger partial charge in [0.1, 0.15) is 5.82 Å². The van der Waals surface area contributed by atoms with E-state index >= 15 is 0 Å². The van der Waals surface area contributed by atoms with E-state index in [1.807, 2.05) is 0 Å². The first-order chi connectivity index (χ1) is 11.3. The highest BCUT2D eigenvalue weighted by molar-refractivity contribution is 7.91. The summed E-state index contributed by atoms with van der Waals surface area (Å²) in [7, 11) is -2.25. The average Bonchev–Trinajstić information content (AvgIpc) is 2.53. The summed E-state index contributed by atoms with van der Waals surface area (Å²) in [6.45, 7) is 1.98. The maximum Gasteiger partial charge on any atom is 0.307 e. The van der Waals surface area contributed by atoms with Crippen LogP contribution in [0.25, 0.3) is 0 Å². The number of amides is 1. The zero-order valence-corrected chi connectivity index (χ0v) is 14.3. The quantitative estimate of drug-likeness (QED) is 0.395. The summed E-state index contributed by atoms with van der Waals surface area (Å²) >= 11 is 0. The highest BCUT2D eigenvalue weighted by atomic mass is 32.2. The molecule has 0 heterocycles. The zero-order chi connectivity index (χ0) is 18.2. The van der Waals surface area contributed by atoms with E-state index in [1.54, 1.807) is 0 Å².